The molecule has 0 atom stereocenters. The van der Waals surface area contributed by atoms with Crippen molar-refractivity contribution in [3.05, 3.63) is 34.3 Å². The molecule has 1 aromatic carbocycles. The molecule has 0 aromatic heterocycles. The maximum Gasteiger partial charge on any atom is 0.254 e. The van der Waals surface area contributed by atoms with Crippen LogP contribution in [0.3, 0.4) is 0 Å². The molecule has 110 valence electrons. The van der Waals surface area contributed by atoms with Gasteiger partial charge in [0.15, 0.2) is 0 Å². The third-order valence-corrected chi connectivity index (χ3v) is 4.51. The van der Waals surface area contributed by atoms with Gasteiger partial charge in [0.1, 0.15) is 0 Å². The molecule has 20 heavy (non-hydrogen) atoms. The molecule has 3 nitrogen and oxygen atoms in total. The summed E-state index contributed by atoms with van der Waals surface area (Å²) in [5.74, 6) is 0.714. The Balaban J connectivity index is 2.10. The number of carbonyl (C=O) groups excluding carboxylic acids is 1. The molecule has 0 spiro atoms. The van der Waals surface area contributed by atoms with E-state index in [1.807, 2.05) is 36.9 Å². The second-order valence-electron chi connectivity index (χ2n) is 5.45. The summed E-state index contributed by atoms with van der Waals surface area (Å²) in [5.41, 5.74) is 1.61. The monoisotopic (exact) mass is 294 g/mol. The van der Waals surface area contributed by atoms with Gasteiger partial charge in [-0.15, -0.1) is 0 Å². The quantitative estimate of drug-likeness (QED) is 0.925. The molecule has 1 aliphatic heterocycles. The molecule has 1 amide bonds. The summed E-state index contributed by atoms with van der Waals surface area (Å²) in [6.45, 7) is 7.67. The van der Waals surface area contributed by atoms with Crippen molar-refractivity contribution in [2.45, 2.75) is 26.7 Å². The number of hydrogen-bond acceptors (Lipinski definition) is 2. The first kappa shape index (κ1) is 15.3. The lowest BCUT2D eigenvalue weighted by molar-refractivity contribution is 0.0726. The number of benzene rings is 1. The molecule has 1 heterocycles. The number of piperidine rings is 1. The average Bonchev–Trinajstić information content (AvgIpc) is 2.48. The fourth-order valence-corrected chi connectivity index (χ4v) is 2.92. The highest BCUT2D eigenvalue weighted by Crippen LogP contribution is 2.21. The van der Waals surface area contributed by atoms with Crippen molar-refractivity contribution in [1.82, 2.24) is 10.2 Å². The minimum atomic E-state index is 0.103. The van der Waals surface area contributed by atoms with Gasteiger partial charge in [-0.1, -0.05) is 17.7 Å². The normalized spacial score (nSPS) is 16.1. The van der Waals surface area contributed by atoms with Gasteiger partial charge in [0.2, 0.25) is 0 Å². The van der Waals surface area contributed by atoms with Crippen LogP contribution in [0.1, 0.15) is 35.7 Å². The predicted octanol–water partition coefficient (Wildman–Crippen LogP) is 3.11. The van der Waals surface area contributed by atoms with Crippen molar-refractivity contribution in [1.29, 1.82) is 0 Å². The lowest BCUT2D eigenvalue weighted by Gasteiger charge is -2.30. The number of carbonyl (C=O) groups is 1. The SMILES string of the molecule is CCN(CC1CCNCC1)C(=O)c1cccc(Cl)c1C. The Morgan fingerprint density at radius 3 is 2.75 bits per heavy atom. The molecule has 1 aromatic rings. The second kappa shape index (κ2) is 7.09. The van der Waals surface area contributed by atoms with E-state index in [-0.39, 0.29) is 5.91 Å². The van der Waals surface area contributed by atoms with Crippen LogP contribution in [-0.2, 0) is 0 Å². The summed E-state index contributed by atoms with van der Waals surface area (Å²) < 4.78 is 0. The molecule has 1 aliphatic rings. The number of hydrogen-bond donors (Lipinski definition) is 1. The van der Waals surface area contributed by atoms with E-state index < -0.39 is 0 Å². The van der Waals surface area contributed by atoms with Gasteiger partial charge in [-0.05, 0) is 63.4 Å². The van der Waals surface area contributed by atoms with Crippen LogP contribution in [0.25, 0.3) is 0 Å². The maximum atomic E-state index is 12.7. The Labute approximate surface area is 126 Å². The Morgan fingerprint density at radius 1 is 1.40 bits per heavy atom. The van der Waals surface area contributed by atoms with Crippen molar-refractivity contribution in [3.8, 4) is 0 Å². The number of rotatable bonds is 4. The molecule has 4 heteroatoms. The van der Waals surface area contributed by atoms with E-state index in [9.17, 15) is 4.79 Å². The minimum Gasteiger partial charge on any atom is -0.339 e. The molecule has 1 saturated heterocycles. The highest BCUT2D eigenvalue weighted by Gasteiger charge is 2.22. The van der Waals surface area contributed by atoms with Gasteiger partial charge in [-0.3, -0.25) is 4.79 Å². The summed E-state index contributed by atoms with van der Waals surface area (Å²) >= 11 is 6.12. The standard InChI is InChI=1S/C16H23ClN2O/c1-3-19(11-13-7-9-18-10-8-13)16(20)14-5-4-6-15(17)12(14)2/h4-6,13,18H,3,7-11H2,1-2H3. The summed E-state index contributed by atoms with van der Waals surface area (Å²) in [4.78, 5) is 14.6. The number of nitrogens with one attached hydrogen (secondary N) is 1. The van der Waals surface area contributed by atoms with E-state index in [4.69, 9.17) is 11.6 Å². The van der Waals surface area contributed by atoms with E-state index in [1.165, 1.54) is 0 Å². The van der Waals surface area contributed by atoms with Crippen LogP contribution in [0.4, 0.5) is 0 Å². The fourth-order valence-electron chi connectivity index (χ4n) is 2.74. The third-order valence-electron chi connectivity index (χ3n) is 4.10. The van der Waals surface area contributed by atoms with Crippen LogP contribution < -0.4 is 5.32 Å². The zero-order valence-electron chi connectivity index (χ0n) is 12.3. The summed E-state index contributed by atoms with van der Waals surface area (Å²) in [5, 5.41) is 4.02. The Hall–Kier alpha value is -1.06. The largest absolute Gasteiger partial charge is 0.339 e. The smallest absolute Gasteiger partial charge is 0.254 e. The summed E-state index contributed by atoms with van der Waals surface area (Å²) in [6.07, 6.45) is 2.30. The van der Waals surface area contributed by atoms with Gasteiger partial charge in [-0.25, -0.2) is 0 Å². The molecule has 0 unspecified atom stereocenters. The minimum absolute atomic E-state index is 0.103. The number of amides is 1. The van der Waals surface area contributed by atoms with Crippen molar-refractivity contribution in [3.63, 3.8) is 0 Å². The van der Waals surface area contributed by atoms with Gasteiger partial charge in [0.25, 0.3) is 5.91 Å². The van der Waals surface area contributed by atoms with Crippen LogP contribution in [0.2, 0.25) is 5.02 Å². The Kier molecular flexibility index (Phi) is 5.44. The molecule has 1 fully saturated rings. The van der Waals surface area contributed by atoms with Crippen LogP contribution in [0.15, 0.2) is 18.2 Å². The highest BCUT2D eigenvalue weighted by molar-refractivity contribution is 6.31. The summed E-state index contributed by atoms with van der Waals surface area (Å²) in [7, 11) is 0. The van der Waals surface area contributed by atoms with Crippen LogP contribution in [0.5, 0.6) is 0 Å². The first-order chi connectivity index (χ1) is 9.63. The van der Waals surface area contributed by atoms with Crippen molar-refractivity contribution in [2.24, 2.45) is 5.92 Å². The first-order valence-corrected chi connectivity index (χ1v) is 7.76. The van der Waals surface area contributed by atoms with Gasteiger partial charge in [0.05, 0.1) is 0 Å². The fraction of sp³-hybridized carbons (Fsp3) is 0.562. The second-order valence-corrected chi connectivity index (χ2v) is 5.86. The Morgan fingerprint density at radius 2 is 2.10 bits per heavy atom. The van der Waals surface area contributed by atoms with Gasteiger partial charge in [0, 0.05) is 23.7 Å². The zero-order valence-corrected chi connectivity index (χ0v) is 13.0. The van der Waals surface area contributed by atoms with Gasteiger partial charge in [-0.2, -0.15) is 0 Å². The van der Waals surface area contributed by atoms with E-state index >= 15 is 0 Å². The summed E-state index contributed by atoms with van der Waals surface area (Å²) in [6, 6.07) is 5.55. The van der Waals surface area contributed by atoms with Crippen molar-refractivity contribution < 1.29 is 4.79 Å². The lowest BCUT2D eigenvalue weighted by atomic mass is 9.97. The maximum absolute atomic E-state index is 12.7. The van der Waals surface area contributed by atoms with Gasteiger partial charge >= 0.3 is 0 Å². The molecule has 0 radical (unpaired) electrons. The van der Waals surface area contributed by atoms with Crippen LogP contribution >= 0.6 is 11.6 Å². The van der Waals surface area contributed by atoms with Crippen molar-refractivity contribution >= 4 is 17.5 Å². The van der Waals surface area contributed by atoms with E-state index in [1.54, 1.807) is 0 Å². The zero-order chi connectivity index (χ0) is 14.5. The Bertz CT molecular complexity index is 470. The molecular weight excluding hydrogens is 272 g/mol. The van der Waals surface area contributed by atoms with Crippen LogP contribution in [-0.4, -0.2) is 37.0 Å². The first-order valence-electron chi connectivity index (χ1n) is 7.38. The third kappa shape index (κ3) is 3.53. The van der Waals surface area contributed by atoms with E-state index in [0.29, 0.717) is 10.9 Å². The lowest BCUT2D eigenvalue weighted by Crippen LogP contribution is -2.39. The topological polar surface area (TPSA) is 32.3 Å². The molecule has 0 saturated carbocycles. The van der Waals surface area contributed by atoms with Gasteiger partial charge < -0.3 is 10.2 Å². The molecule has 2 rings (SSSR count). The molecule has 0 bridgehead atoms. The molecular formula is C16H23ClN2O. The van der Waals surface area contributed by atoms with E-state index in [2.05, 4.69) is 5.32 Å². The molecule has 0 aliphatic carbocycles. The average molecular weight is 295 g/mol. The van der Waals surface area contributed by atoms with E-state index in [0.717, 1.165) is 50.1 Å². The highest BCUT2D eigenvalue weighted by atomic mass is 35.5. The number of halogens is 1. The van der Waals surface area contributed by atoms with Crippen LogP contribution in [0, 0.1) is 12.8 Å². The predicted molar refractivity (Wildman–Crippen MR) is 83.4 cm³/mol. The number of nitrogens with zero attached hydrogens (tertiary/aromatic N) is 1. The van der Waals surface area contributed by atoms with Crippen molar-refractivity contribution in [2.75, 3.05) is 26.2 Å². The molecule has 1 N–H and O–H groups in total.